The molecule has 2 rings (SSSR count). The van der Waals surface area contributed by atoms with Gasteiger partial charge in [-0.25, -0.2) is 0 Å². The van der Waals surface area contributed by atoms with Crippen LogP contribution in [0.25, 0.3) is 0 Å². The van der Waals surface area contributed by atoms with E-state index in [2.05, 4.69) is 49.2 Å². The van der Waals surface area contributed by atoms with Gasteiger partial charge in [0, 0.05) is 26.3 Å². The van der Waals surface area contributed by atoms with Crippen molar-refractivity contribution in [3.05, 3.63) is 18.5 Å². The van der Waals surface area contributed by atoms with Crippen LogP contribution in [0.3, 0.4) is 0 Å². The highest BCUT2D eigenvalue weighted by Gasteiger charge is 2.25. The average molecular weight is 247 g/mol. The van der Waals surface area contributed by atoms with Gasteiger partial charge in [-0.3, -0.25) is 4.98 Å². The maximum Gasteiger partial charge on any atom is 0.0766 e. The molecule has 1 aliphatic carbocycles. The minimum atomic E-state index is 0.580. The quantitative estimate of drug-likeness (QED) is 0.887. The largest absolute Gasteiger partial charge is 0.379 e. The molecule has 1 aromatic heterocycles. The van der Waals surface area contributed by atoms with E-state index in [1.165, 1.54) is 24.9 Å². The first-order valence-electron chi connectivity index (χ1n) is 6.95. The lowest BCUT2D eigenvalue weighted by atomic mass is 9.80. The lowest BCUT2D eigenvalue weighted by Gasteiger charge is -2.34. The Morgan fingerprint density at radius 1 is 1.28 bits per heavy atom. The van der Waals surface area contributed by atoms with E-state index in [1.807, 2.05) is 12.4 Å². The van der Waals surface area contributed by atoms with Crippen molar-refractivity contribution in [2.75, 3.05) is 24.3 Å². The van der Waals surface area contributed by atoms with Crippen LogP contribution in [0, 0.1) is 11.8 Å². The molecule has 0 amide bonds. The second kappa shape index (κ2) is 5.59. The van der Waals surface area contributed by atoms with E-state index >= 15 is 0 Å². The number of aromatic nitrogens is 1. The Morgan fingerprint density at radius 2 is 2.06 bits per heavy atom. The molecule has 0 radical (unpaired) electrons. The van der Waals surface area contributed by atoms with Gasteiger partial charge in [-0.15, -0.1) is 0 Å². The Labute approximate surface area is 111 Å². The van der Waals surface area contributed by atoms with Crippen LogP contribution in [-0.2, 0) is 0 Å². The van der Waals surface area contributed by atoms with Gasteiger partial charge < -0.3 is 10.2 Å². The number of nitrogens with one attached hydrogen (secondary N) is 1. The van der Waals surface area contributed by atoms with Crippen molar-refractivity contribution in [1.82, 2.24) is 4.98 Å². The van der Waals surface area contributed by atoms with Crippen LogP contribution in [0.1, 0.15) is 33.1 Å². The molecule has 1 aliphatic rings. The molecule has 1 N–H and O–H groups in total. The maximum atomic E-state index is 4.25. The van der Waals surface area contributed by atoms with E-state index in [4.69, 9.17) is 0 Å². The summed E-state index contributed by atoms with van der Waals surface area (Å²) in [7, 11) is 4.15. The molecule has 0 spiro atoms. The molecular weight excluding hydrogens is 222 g/mol. The predicted molar refractivity (Wildman–Crippen MR) is 78.2 cm³/mol. The summed E-state index contributed by atoms with van der Waals surface area (Å²) in [6, 6.07) is 2.65. The Hall–Kier alpha value is -1.25. The molecule has 1 fully saturated rings. The normalized spacial score (nSPS) is 27.9. The zero-order chi connectivity index (χ0) is 13.1. The van der Waals surface area contributed by atoms with Crippen molar-refractivity contribution in [1.29, 1.82) is 0 Å². The fourth-order valence-electron chi connectivity index (χ4n) is 2.82. The summed E-state index contributed by atoms with van der Waals surface area (Å²) in [6.07, 6.45) is 7.76. The standard InChI is InChI=1S/C15H25N3/c1-11-5-6-12(2)13(9-11)17-14-10-16-8-7-15(14)18(3)4/h7-8,10-13,17H,5-6,9H2,1-4H3. The van der Waals surface area contributed by atoms with Gasteiger partial charge in [0.05, 0.1) is 17.6 Å². The first-order chi connectivity index (χ1) is 8.58. The van der Waals surface area contributed by atoms with Crippen molar-refractivity contribution in [2.45, 2.75) is 39.2 Å². The van der Waals surface area contributed by atoms with Gasteiger partial charge >= 0.3 is 0 Å². The van der Waals surface area contributed by atoms with E-state index in [1.54, 1.807) is 0 Å². The van der Waals surface area contributed by atoms with Crippen molar-refractivity contribution in [3.63, 3.8) is 0 Å². The molecule has 100 valence electrons. The van der Waals surface area contributed by atoms with E-state index in [0.717, 1.165) is 17.5 Å². The van der Waals surface area contributed by atoms with Crippen molar-refractivity contribution >= 4 is 11.4 Å². The molecule has 3 nitrogen and oxygen atoms in total. The third kappa shape index (κ3) is 2.95. The van der Waals surface area contributed by atoms with Crippen molar-refractivity contribution < 1.29 is 0 Å². The molecule has 0 saturated heterocycles. The molecular formula is C15H25N3. The fourth-order valence-corrected chi connectivity index (χ4v) is 2.82. The maximum absolute atomic E-state index is 4.25. The number of hydrogen-bond donors (Lipinski definition) is 1. The third-order valence-corrected chi connectivity index (χ3v) is 4.08. The first-order valence-corrected chi connectivity index (χ1v) is 6.95. The topological polar surface area (TPSA) is 28.2 Å². The number of hydrogen-bond acceptors (Lipinski definition) is 3. The van der Waals surface area contributed by atoms with Gasteiger partial charge in [0.2, 0.25) is 0 Å². The lowest BCUT2D eigenvalue weighted by molar-refractivity contribution is 0.280. The van der Waals surface area contributed by atoms with Crippen LogP contribution >= 0.6 is 0 Å². The number of nitrogens with zero attached hydrogens (tertiary/aromatic N) is 2. The molecule has 1 heterocycles. The SMILES string of the molecule is CC1CCC(C)C(Nc2cnccc2N(C)C)C1. The highest BCUT2D eigenvalue weighted by molar-refractivity contribution is 5.68. The molecule has 3 heteroatoms. The second-order valence-corrected chi connectivity index (χ2v) is 5.93. The zero-order valence-corrected chi connectivity index (χ0v) is 12.0. The summed E-state index contributed by atoms with van der Waals surface area (Å²) >= 11 is 0. The van der Waals surface area contributed by atoms with Gasteiger partial charge in [-0.05, 0) is 30.7 Å². The third-order valence-electron chi connectivity index (χ3n) is 4.08. The van der Waals surface area contributed by atoms with Gasteiger partial charge in [0.15, 0.2) is 0 Å². The van der Waals surface area contributed by atoms with Crippen LogP contribution < -0.4 is 10.2 Å². The average Bonchev–Trinajstić information content (AvgIpc) is 2.34. The predicted octanol–water partition coefficient (Wildman–Crippen LogP) is 3.38. The molecule has 3 unspecified atom stereocenters. The van der Waals surface area contributed by atoms with Crippen LogP contribution in [-0.4, -0.2) is 25.1 Å². The Morgan fingerprint density at radius 3 is 2.78 bits per heavy atom. The number of anilines is 2. The van der Waals surface area contributed by atoms with Gasteiger partial charge in [0.25, 0.3) is 0 Å². The summed E-state index contributed by atoms with van der Waals surface area (Å²) in [5.41, 5.74) is 2.38. The van der Waals surface area contributed by atoms with E-state index in [-0.39, 0.29) is 0 Å². The minimum absolute atomic E-state index is 0.580. The molecule has 0 bridgehead atoms. The van der Waals surface area contributed by atoms with Crippen molar-refractivity contribution in [3.8, 4) is 0 Å². The summed E-state index contributed by atoms with van der Waals surface area (Å²) in [5.74, 6) is 1.58. The molecule has 1 aromatic rings. The minimum Gasteiger partial charge on any atom is -0.379 e. The molecule has 18 heavy (non-hydrogen) atoms. The monoisotopic (exact) mass is 247 g/mol. The Bertz CT molecular complexity index is 389. The molecule has 3 atom stereocenters. The van der Waals surface area contributed by atoms with Crippen LogP contribution in [0.5, 0.6) is 0 Å². The summed E-state index contributed by atoms with van der Waals surface area (Å²) in [4.78, 5) is 6.39. The highest BCUT2D eigenvalue weighted by Crippen LogP contribution is 2.32. The van der Waals surface area contributed by atoms with E-state index in [9.17, 15) is 0 Å². The second-order valence-electron chi connectivity index (χ2n) is 5.93. The van der Waals surface area contributed by atoms with Gasteiger partial charge in [0.1, 0.15) is 0 Å². The van der Waals surface area contributed by atoms with Crippen molar-refractivity contribution in [2.24, 2.45) is 11.8 Å². The van der Waals surface area contributed by atoms with E-state index in [0.29, 0.717) is 6.04 Å². The smallest absolute Gasteiger partial charge is 0.0766 e. The number of rotatable bonds is 3. The van der Waals surface area contributed by atoms with Crippen LogP contribution in [0.15, 0.2) is 18.5 Å². The zero-order valence-electron chi connectivity index (χ0n) is 12.0. The summed E-state index contributed by atoms with van der Waals surface area (Å²) < 4.78 is 0. The molecule has 1 saturated carbocycles. The Kier molecular flexibility index (Phi) is 4.10. The lowest BCUT2D eigenvalue weighted by Crippen LogP contribution is -2.34. The Balaban J connectivity index is 2.13. The summed E-state index contributed by atoms with van der Waals surface area (Å²) in [6.45, 7) is 4.71. The van der Waals surface area contributed by atoms with Gasteiger partial charge in [-0.1, -0.05) is 20.3 Å². The van der Waals surface area contributed by atoms with Crippen LogP contribution in [0.4, 0.5) is 11.4 Å². The van der Waals surface area contributed by atoms with E-state index < -0.39 is 0 Å². The molecule has 0 aliphatic heterocycles. The molecule has 0 aromatic carbocycles. The number of pyridine rings is 1. The highest BCUT2D eigenvalue weighted by atomic mass is 15.1. The first kappa shape index (κ1) is 13.2. The van der Waals surface area contributed by atoms with Crippen LogP contribution in [0.2, 0.25) is 0 Å². The van der Waals surface area contributed by atoms with Gasteiger partial charge in [-0.2, -0.15) is 0 Å². The summed E-state index contributed by atoms with van der Waals surface area (Å²) in [5, 5.41) is 3.71. The fraction of sp³-hybridized carbons (Fsp3) is 0.667.